The summed E-state index contributed by atoms with van der Waals surface area (Å²) in [5.41, 5.74) is 0.917. The summed E-state index contributed by atoms with van der Waals surface area (Å²) in [4.78, 5) is 13.2. The Hall–Kier alpha value is -1.42. The number of carbonyl (C=O) groups is 1. The van der Waals surface area contributed by atoms with Gasteiger partial charge in [0.15, 0.2) is 0 Å². The van der Waals surface area contributed by atoms with Crippen molar-refractivity contribution in [3.05, 3.63) is 51.8 Å². The Morgan fingerprint density at radius 3 is 2.35 bits per heavy atom. The highest BCUT2D eigenvalue weighted by molar-refractivity contribution is 8.79. The quantitative estimate of drug-likeness (QED) is 0.766. The highest BCUT2D eigenvalue weighted by atomic mass is 33.1. The summed E-state index contributed by atoms with van der Waals surface area (Å²) in [6, 6.07) is 6.13. The third kappa shape index (κ3) is 5.31. The average Bonchev–Trinajstić information content (AvgIpc) is 2.53. The predicted molar refractivity (Wildman–Crippen MR) is 91.3 cm³/mol. The summed E-state index contributed by atoms with van der Waals surface area (Å²) in [5, 5.41) is 8.95. The second kappa shape index (κ2) is 7.91. The first-order chi connectivity index (χ1) is 10.9. The molecule has 6 nitrogen and oxygen atoms in total. The van der Waals surface area contributed by atoms with Crippen LogP contribution in [0.2, 0.25) is 0 Å². The summed E-state index contributed by atoms with van der Waals surface area (Å²) in [6.45, 7) is 1.75. The van der Waals surface area contributed by atoms with Gasteiger partial charge in [-0.05, 0) is 31.2 Å². The fourth-order valence-corrected chi connectivity index (χ4v) is 4.34. The van der Waals surface area contributed by atoms with Crippen molar-refractivity contribution in [3.8, 4) is 0 Å². The van der Waals surface area contributed by atoms with Gasteiger partial charge < -0.3 is 9.84 Å². The summed E-state index contributed by atoms with van der Waals surface area (Å²) in [5.74, 6) is 0. The van der Waals surface area contributed by atoms with Crippen molar-refractivity contribution in [2.24, 2.45) is 0 Å². The van der Waals surface area contributed by atoms with Crippen molar-refractivity contribution in [3.63, 3.8) is 0 Å². The van der Waals surface area contributed by atoms with Crippen molar-refractivity contribution in [2.75, 3.05) is 13.2 Å². The van der Waals surface area contributed by atoms with E-state index >= 15 is 0 Å². The van der Waals surface area contributed by atoms with E-state index in [2.05, 4.69) is 0 Å². The topological polar surface area (TPSA) is 92.7 Å². The van der Waals surface area contributed by atoms with Crippen LogP contribution in [0.25, 0.3) is 0 Å². The van der Waals surface area contributed by atoms with Gasteiger partial charge in [-0.2, -0.15) is 0 Å². The fourth-order valence-electron chi connectivity index (χ4n) is 1.55. The van der Waals surface area contributed by atoms with E-state index in [-0.39, 0.29) is 18.1 Å². The molecule has 2 rings (SSSR count). The lowest BCUT2D eigenvalue weighted by molar-refractivity contribution is 0.164. The maximum Gasteiger partial charge on any atom is 0.421 e. The molecule has 1 heterocycles. The van der Waals surface area contributed by atoms with Crippen molar-refractivity contribution in [1.29, 1.82) is 0 Å². The van der Waals surface area contributed by atoms with E-state index < -0.39 is 16.1 Å². The molecule has 1 aliphatic rings. The lowest BCUT2D eigenvalue weighted by Gasteiger charge is -2.12. The van der Waals surface area contributed by atoms with Crippen LogP contribution in [0.4, 0.5) is 4.79 Å². The molecule has 23 heavy (non-hydrogen) atoms. The molecule has 0 spiro atoms. The number of aliphatic hydroxyl groups is 1. The van der Waals surface area contributed by atoms with Crippen molar-refractivity contribution in [2.45, 2.75) is 11.8 Å². The molecule has 1 aliphatic heterocycles. The Labute approximate surface area is 142 Å². The molecule has 0 radical (unpaired) electrons. The molecule has 0 atom stereocenters. The number of aryl methyl sites for hydroxylation is 1. The molecule has 0 fully saturated rings. The van der Waals surface area contributed by atoms with Crippen LogP contribution >= 0.6 is 21.6 Å². The molecule has 0 bridgehead atoms. The minimum Gasteiger partial charge on any atom is -0.443 e. The van der Waals surface area contributed by atoms with E-state index in [1.54, 1.807) is 24.3 Å². The zero-order valence-electron chi connectivity index (χ0n) is 12.2. The number of sulfonamides is 1. The maximum atomic E-state index is 12.0. The first-order valence-electron chi connectivity index (χ1n) is 6.52. The molecular formula is C14H15NO5S3. The first-order valence-corrected chi connectivity index (χ1v) is 10.2. The lowest BCUT2D eigenvalue weighted by atomic mass is 10.2. The van der Waals surface area contributed by atoms with Gasteiger partial charge in [0.25, 0.3) is 10.0 Å². The van der Waals surface area contributed by atoms with Gasteiger partial charge in [-0.3, -0.25) is 0 Å². The summed E-state index contributed by atoms with van der Waals surface area (Å²) < 4.78 is 30.8. The van der Waals surface area contributed by atoms with E-state index in [4.69, 9.17) is 9.84 Å². The van der Waals surface area contributed by atoms with Gasteiger partial charge in [-0.1, -0.05) is 39.3 Å². The standard InChI is InChI=1S/C14H15NO5S3/c1-10-2-6-13(7-3-10)23(18,19)15-14(17)20-9-12-5-4-11(8-16)21-22-12/h2-7,16H,8-9H2,1H3,(H,15,17). The average molecular weight is 373 g/mol. The minimum atomic E-state index is -3.94. The number of aliphatic hydroxyl groups excluding tert-OH is 1. The number of allylic oxidation sites excluding steroid dienone is 2. The van der Waals surface area contributed by atoms with Crippen LogP contribution in [-0.4, -0.2) is 32.8 Å². The Morgan fingerprint density at radius 2 is 1.78 bits per heavy atom. The SMILES string of the molecule is Cc1ccc(S(=O)(=O)NC(=O)OCC2=CC=C(CO)SS2)cc1. The molecule has 1 amide bonds. The second-order valence-corrected chi connectivity index (χ2v) is 8.65. The molecule has 9 heteroatoms. The Balaban J connectivity index is 1.91. The normalized spacial score (nSPS) is 14.7. The second-order valence-electron chi connectivity index (χ2n) is 4.59. The molecule has 0 unspecified atom stereocenters. The highest BCUT2D eigenvalue weighted by Gasteiger charge is 2.19. The largest absolute Gasteiger partial charge is 0.443 e. The Kier molecular flexibility index (Phi) is 6.17. The zero-order valence-corrected chi connectivity index (χ0v) is 14.6. The summed E-state index contributed by atoms with van der Waals surface area (Å²) in [7, 11) is -1.23. The molecule has 1 aromatic carbocycles. The van der Waals surface area contributed by atoms with Gasteiger partial charge in [0, 0.05) is 9.81 Å². The maximum absolute atomic E-state index is 12.0. The molecule has 0 saturated carbocycles. The van der Waals surface area contributed by atoms with Gasteiger partial charge >= 0.3 is 6.09 Å². The number of ether oxygens (including phenoxy) is 1. The summed E-state index contributed by atoms with van der Waals surface area (Å²) >= 11 is 0. The Morgan fingerprint density at radius 1 is 1.17 bits per heavy atom. The van der Waals surface area contributed by atoms with E-state index in [1.807, 2.05) is 11.6 Å². The number of hydrogen-bond acceptors (Lipinski definition) is 7. The van der Waals surface area contributed by atoms with Gasteiger partial charge in [0.1, 0.15) is 6.61 Å². The van der Waals surface area contributed by atoms with Crippen LogP contribution < -0.4 is 4.72 Å². The first kappa shape index (κ1) is 17.9. The minimum absolute atomic E-state index is 0.00242. The number of nitrogens with one attached hydrogen (secondary N) is 1. The van der Waals surface area contributed by atoms with Gasteiger partial charge in [-0.25, -0.2) is 17.9 Å². The number of amides is 1. The van der Waals surface area contributed by atoms with E-state index in [9.17, 15) is 13.2 Å². The third-order valence-corrected chi connectivity index (χ3v) is 6.65. The van der Waals surface area contributed by atoms with Crippen LogP contribution in [0.15, 0.2) is 51.1 Å². The van der Waals surface area contributed by atoms with Gasteiger partial charge in [-0.15, -0.1) is 0 Å². The highest BCUT2D eigenvalue weighted by Crippen LogP contribution is 2.39. The Bertz CT molecular complexity index is 738. The zero-order chi connectivity index (χ0) is 16.9. The number of carbonyl (C=O) groups excluding carboxylic acids is 1. The van der Waals surface area contributed by atoms with Crippen molar-refractivity contribution >= 4 is 37.7 Å². The molecular weight excluding hydrogens is 358 g/mol. The van der Waals surface area contributed by atoms with Crippen LogP contribution in [-0.2, 0) is 14.8 Å². The van der Waals surface area contributed by atoms with Crippen molar-refractivity contribution < 1.29 is 23.1 Å². The van der Waals surface area contributed by atoms with E-state index in [1.165, 1.54) is 33.7 Å². The molecule has 0 aliphatic carbocycles. The summed E-state index contributed by atoms with van der Waals surface area (Å²) in [6.07, 6.45) is 2.41. The molecule has 124 valence electrons. The number of benzene rings is 1. The molecule has 0 saturated heterocycles. The molecule has 0 aromatic heterocycles. The monoisotopic (exact) mass is 373 g/mol. The van der Waals surface area contributed by atoms with E-state index in [0.29, 0.717) is 0 Å². The fraction of sp³-hybridized carbons (Fsp3) is 0.214. The van der Waals surface area contributed by atoms with Crippen molar-refractivity contribution in [1.82, 2.24) is 4.72 Å². The van der Waals surface area contributed by atoms with E-state index in [0.717, 1.165) is 15.4 Å². The van der Waals surface area contributed by atoms with Gasteiger partial charge in [0.2, 0.25) is 0 Å². The van der Waals surface area contributed by atoms with Crippen LogP contribution in [0, 0.1) is 6.92 Å². The van der Waals surface area contributed by atoms with Crippen LogP contribution in [0.1, 0.15) is 5.56 Å². The number of hydrogen-bond donors (Lipinski definition) is 2. The molecule has 1 aromatic rings. The van der Waals surface area contributed by atoms with Crippen LogP contribution in [0.3, 0.4) is 0 Å². The number of rotatable bonds is 5. The van der Waals surface area contributed by atoms with Gasteiger partial charge in [0.05, 0.1) is 11.5 Å². The molecule has 2 N–H and O–H groups in total. The predicted octanol–water partition coefficient (Wildman–Crippen LogP) is 2.57. The lowest BCUT2D eigenvalue weighted by Crippen LogP contribution is -2.31. The van der Waals surface area contributed by atoms with Crippen LogP contribution in [0.5, 0.6) is 0 Å². The third-order valence-electron chi connectivity index (χ3n) is 2.76. The smallest absolute Gasteiger partial charge is 0.421 e.